The molecule has 12 nitrogen and oxygen atoms in total. The van der Waals surface area contributed by atoms with Gasteiger partial charge in [0.2, 0.25) is 0 Å². The molecule has 0 heterocycles. The van der Waals surface area contributed by atoms with Crippen LogP contribution < -0.4 is 15.2 Å². The Labute approximate surface area is 248 Å². The molecule has 3 N–H and O–H groups in total. The number of ether oxygens (including phenoxy) is 6. The molecule has 0 spiro atoms. The van der Waals surface area contributed by atoms with E-state index in [1.165, 1.54) is 18.2 Å². The van der Waals surface area contributed by atoms with Crippen molar-refractivity contribution in [2.75, 3.05) is 26.4 Å². The third-order valence-electron chi connectivity index (χ3n) is 7.04. The van der Waals surface area contributed by atoms with E-state index in [9.17, 15) is 24.3 Å². The molecule has 0 aliphatic heterocycles. The van der Waals surface area contributed by atoms with Gasteiger partial charge in [-0.15, -0.1) is 0 Å². The van der Waals surface area contributed by atoms with Gasteiger partial charge in [0, 0.05) is 5.92 Å². The molecule has 0 aliphatic rings. The van der Waals surface area contributed by atoms with E-state index in [0.29, 0.717) is 5.56 Å². The highest BCUT2D eigenvalue weighted by molar-refractivity contribution is 5.75. The summed E-state index contributed by atoms with van der Waals surface area (Å²) in [7, 11) is 0. The standard InChI is InChI=1S/C30H47NO11/c1-8-18(4)14-37-28(34)40-17-21(7)25(26(31)27(32)33)22-11-12-23(41-29(35)38-15-19(5)9-2)24(13-22)42-30(36)39-16-20(6)10-3/h11-13,18-21,25-26H,8-10,14-17,31H2,1-7H3,(H,32,33)/t18?,19?,20?,21?,25?,26-/m0/s1. The van der Waals surface area contributed by atoms with Crippen LogP contribution in [0.1, 0.15) is 79.2 Å². The minimum Gasteiger partial charge on any atom is -0.480 e. The third-order valence-corrected chi connectivity index (χ3v) is 7.04. The van der Waals surface area contributed by atoms with Crippen molar-refractivity contribution in [3.63, 3.8) is 0 Å². The van der Waals surface area contributed by atoms with Crippen LogP contribution in [0.4, 0.5) is 14.4 Å². The predicted molar refractivity (Wildman–Crippen MR) is 154 cm³/mol. The van der Waals surface area contributed by atoms with Crippen molar-refractivity contribution < 1.29 is 52.7 Å². The van der Waals surface area contributed by atoms with E-state index in [4.69, 9.17) is 34.2 Å². The average Bonchev–Trinajstić information content (AvgIpc) is 2.97. The number of carbonyl (C=O) groups excluding carboxylic acids is 3. The Hall–Kier alpha value is -3.54. The summed E-state index contributed by atoms with van der Waals surface area (Å²) >= 11 is 0. The van der Waals surface area contributed by atoms with Gasteiger partial charge in [0.1, 0.15) is 6.04 Å². The zero-order valence-corrected chi connectivity index (χ0v) is 25.8. The molecule has 12 heteroatoms. The molecule has 5 unspecified atom stereocenters. The van der Waals surface area contributed by atoms with E-state index in [1.807, 2.05) is 41.5 Å². The molecule has 0 saturated heterocycles. The van der Waals surface area contributed by atoms with Crippen molar-refractivity contribution in [3.05, 3.63) is 23.8 Å². The molecule has 1 aromatic carbocycles. The first-order valence-corrected chi connectivity index (χ1v) is 14.4. The Morgan fingerprint density at radius 3 is 1.57 bits per heavy atom. The SMILES string of the molecule is CCC(C)COC(=O)OCC(C)C(c1ccc(OC(=O)OCC(C)CC)c(OC(=O)OCC(C)CC)c1)[C@H](N)C(=O)O. The molecular formula is C30H47NO11. The molecule has 0 aliphatic carbocycles. The second kappa shape index (κ2) is 18.8. The Kier molecular flexibility index (Phi) is 16.3. The first kappa shape index (κ1) is 36.5. The van der Waals surface area contributed by atoms with E-state index < -0.39 is 42.3 Å². The molecule has 1 aromatic rings. The second-order valence-corrected chi connectivity index (χ2v) is 10.8. The molecule has 0 amide bonds. The highest BCUT2D eigenvalue weighted by atomic mass is 16.7. The highest BCUT2D eigenvalue weighted by Gasteiger charge is 2.33. The van der Waals surface area contributed by atoms with Gasteiger partial charge in [-0.25, -0.2) is 14.4 Å². The summed E-state index contributed by atoms with van der Waals surface area (Å²) in [5, 5.41) is 9.72. The number of carboxylic acid groups (broad SMARTS) is 1. The van der Waals surface area contributed by atoms with Crippen LogP contribution >= 0.6 is 0 Å². The van der Waals surface area contributed by atoms with Crippen molar-refractivity contribution in [1.29, 1.82) is 0 Å². The zero-order chi connectivity index (χ0) is 31.8. The number of carbonyl (C=O) groups is 4. The summed E-state index contributed by atoms with van der Waals surface area (Å²) in [6, 6.07) is 2.75. The fraction of sp³-hybridized carbons (Fsp3) is 0.667. The number of carboxylic acids is 1. The summed E-state index contributed by atoms with van der Waals surface area (Å²) in [4.78, 5) is 48.8. The molecule has 0 saturated carbocycles. The van der Waals surface area contributed by atoms with Crippen molar-refractivity contribution in [3.8, 4) is 11.5 Å². The van der Waals surface area contributed by atoms with Gasteiger partial charge in [-0.1, -0.05) is 73.8 Å². The average molecular weight is 598 g/mol. The summed E-state index contributed by atoms with van der Waals surface area (Å²) in [5.41, 5.74) is 6.39. The first-order valence-electron chi connectivity index (χ1n) is 14.4. The van der Waals surface area contributed by atoms with Crippen LogP contribution in [0.3, 0.4) is 0 Å². The summed E-state index contributed by atoms with van der Waals surface area (Å²) < 4.78 is 31.3. The van der Waals surface area contributed by atoms with Gasteiger partial charge >= 0.3 is 24.4 Å². The number of hydrogen-bond acceptors (Lipinski definition) is 11. The highest BCUT2D eigenvalue weighted by Crippen LogP contribution is 2.36. The topological polar surface area (TPSA) is 170 Å². The van der Waals surface area contributed by atoms with Gasteiger partial charge < -0.3 is 39.3 Å². The van der Waals surface area contributed by atoms with Gasteiger partial charge in [-0.2, -0.15) is 0 Å². The molecule has 0 aromatic heterocycles. The van der Waals surface area contributed by atoms with Crippen LogP contribution in [-0.2, 0) is 23.7 Å². The molecular weight excluding hydrogens is 550 g/mol. The van der Waals surface area contributed by atoms with Gasteiger partial charge in [-0.3, -0.25) is 4.79 Å². The largest absolute Gasteiger partial charge is 0.513 e. The molecule has 238 valence electrons. The van der Waals surface area contributed by atoms with Crippen molar-refractivity contribution >= 4 is 24.4 Å². The first-order chi connectivity index (χ1) is 19.8. The smallest absolute Gasteiger partial charge is 0.480 e. The number of hydrogen-bond donors (Lipinski definition) is 2. The molecule has 1 rings (SSSR count). The number of aliphatic carboxylic acids is 1. The molecule has 42 heavy (non-hydrogen) atoms. The van der Waals surface area contributed by atoms with E-state index >= 15 is 0 Å². The number of benzene rings is 1. The lowest BCUT2D eigenvalue weighted by Gasteiger charge is -2.28. The quantitative estimate of drug-likeness (QED) is 0.120. The summed E-state index contributed by atoms with van der Waals surface area (Å²) in [5.74, 6) is -2.80. The van der Waals surface area contributed by atoms with Crippen LogP contribution in [0, 0.1) is 23.7 Å². The lowest BCUT2D eigenvalue weighted by Crippen LogP contribution is -2.40. The van der Waals surface area contributed by atoms with Crippen molar-refractivity contribution in [2.24, 2.45) is 29.4 Å². The molecule has 0 bridgehead atoms. The van der Waals surface area contributed by atoms with Crippen LogP contribution in [-0.4, -0.2) is 62.0 Å². The van der Waals surface area contributed by atoms with Gasteiger partial charge in [-0.05, 0) is 41.4 Å². The minimum atomic E-state index is -1.42. The lowest BCUT2D eigenvalue weighted by atomic mass is 9.82. The van der Waals surface area contributed by atoms with E-state index in [-0.39, 0.29) is 55.7 Å². The van der Waals surface area contributed by atoms with Crippen LogP contribution in [0.2, 0.25) is 0 Å². The zero-order valence-electron chi connectivity index (χ0n) is 25.8. The Balaban J connectivity index is 3.26. The molecule has 0 radical (unpaired) electrons. The van der Waals surface area contributed by atoms with Gasteiger partial charge in [0.25, 0.3) is 0 Å². The van der Waals surface area contributed by atoms with Crippen LogP contribution in [0.15, 0.2) is 18.2 Å². The predicted octanol–water partition coefficient (Wildman–Crippen LogP) is 6.14. The minimum absolute atomic E-state index is 0.0887. The Bertz CT molecular complexity index is 1010. The van der Waals surface area contributed by atoms with Gasteiger partial charge in [0.05, 0.1) is 26.4 Å². The van der Waals surface area contributed by atoms with E-state index in [1.54, 1.807) is 6.92 Å². The molecule has 6 atom stereocenters. The number of nitrogens with two attached hydrogens (primary N) is 1. The Morgan fingerprint density at radius 1 is 0.690 bits per heavy atom. The monoisotopic (exact) mass is 597 g/mol. The van der Waals surface area contributed by atoms with E-state index in [0.717, 1.165) is 19.3 Å². The summed E-state index contributed by atoms with van der Waals surface area (Å²) in [6.07, 6.45) is -0.524. The van der Waals surface area contributed by atoms with Crippen molar-refractivity contribution in [1.82, 2.24) is 0 Å². The van der Waals surface area contributed by atoms with Gasteiger partial charge in [0.15, 0.2) is 11.5 Å². The van der Waals surface area contributed by atoms with Crippen LogP contribution in [0.5, 0.6) is 11.5 Å². The maximum atomic E-state index is 12.5. The van der Waals surface area contributed by atoms with Crippen molar-refractivity contribution in [2.45, 2.75) is 79.7 Å². The maximum absolute atomic E-state index is 12.5. The normalized spacial score (nSPS) is 15.2. The third kappa shape index (κ3) is 13.0. The maximum Gasteiger partial charge on any atom is 0.513 e. The molecule has 0 fully saturated rings. The second-order valence-electron chi connectivity index (χ2n) is 10.8. The summed E-state index contributed by atoms with van der Waals surface area (Å²) in [6.45, 7) is 13.5. The Morgan fingerprint density at radius 2 is 1.12 bits per heavy atom. The fourth-order valence-electron chi connectivity index (χ4n) is 3.51. The number of rotatable bonds is 17. The fourth-order valence-corrected chi connectivity index (χ4v) is 3.51. The van der Waals surface area contributed by atoms with Crippen LogP contribution in [0.25, 0.3) is 0 Å². The lowest BCUT2D eigenvalue weighted by molar-refractivity contribution is -0.139. The van der Waals surface area contributed by atoms with E-state index in [2.05, 4.69) is 0 Å².